The second-order valence-electron chi connectivity index (χ2n) is 3.53. The van der Waals surface area contributed by atoms with Gasteiger partial charge in [-0.1, -0.05) is 0 Å². The topological polar surface area (TPSA) is 102 Å². The number of aliphatic carboxylic acids is 1. The van der Waals surface area contributed by atoms with E-state index in [1.807, 2.05) is 0 Å². The number of hydrogen-bond acceptors (Lipinski definition) is 3. The molecule has 0 unspecified atom stereocenters. The van der Waals surface area contributed by atoms with Crippen molar-refractivity contribution in [3.63, 3.8) is 0 Å². The van der Waals surface area contributed by atoms with Crippen LogP contribution in [0.3, 0.4) is 0 Å². The van der Waals surface area contributed by atoms with E-state index in [0.29, 0.717) is 18.8 Å². The molecule has 0 aromatic rings. The summed E-state index contributed by atoms with van der Waals surface area (Å²) in [6, 6.07) is 0. The Labute approximate surface area is 114 Å². The van der Waals surface area contributed by atoms with Crippen molar-refractivity contribution in [3.8, 4) is 11.8 Å². The average molecular weight is 284 g/mol. The Morgan fingerprint density at radius 3 is 2.35 bits per heavy atom. The molecule has 0 spiro atoms. The first-order valence-corrected chi connectivity index (χ1v) is 4.61. The average Bonchev–Trinajstić information content (AvgIpc) is 2.10. The van der Waals surface area contributed by atoms with Crippen molar-refractivity contribution >= 4 is 36.6 Å². The monoisotopic (exact) mass is 283 g/mol. The molecule has 7 heteroatoms. The zero-order valence-electron chi connectivity index (χ0n) is 9.90. The number of carboxylic acid groups (broad SMARTS) is 1. The molecule has 0 aliphatic carbocycles. The van der Waals surface area contributed by atoms with Crippen molar-refractivity contribution in [2.45, 2.75) is 32.2 Å². The molecule has 0 aromatic carbocycles. The SMILES string of the molecule is CC(N)=NCCC#CC[C@](C)(N)C(=O)O.Cl.Cl. The predicted octanol–water partition coefficient (Wildman–Crippen LogP) is 0.793. The van der Waals surface area contributed by atoms with Gasteiger partial charge in [-0.2, -0.15) is 0 Å². The summed E-state index contributed by atoms with van der Waals surface area (Å²) in [5.41, 5.74) is 9.52. The number of nitrogens with zero attached hydrogens (tertiary/aromatic N) is 1. The molecule has 0 aliphatic heterocycles. The minimum absolute atomic E-state index is 0. The van der Waals surface area contributed by atoms with Crippen LogP contribution < -0.4 is 11.5 Å². The van der Waals surface area contributed by atoms with Crippen molar-refractivity contribution < 1.29 is 9.90 Å². The Morgan fingerprint density at radius 2 is 1.94 bits per heavy atom. The molecule has 0 radical (unpaired) electrons. The fourth-order valence-corrected chi connectivity index (χ4v) is 0.698. The lowest BCUT2D eigenvalue weighted by atomic mass is 10.0. The van der Waals surface area contributed by atoms with Gasteiger partial charge >= 0.3 is 5.97 Å². The smallest absolute Gasteiger partial charge is 0.324 e. The first-order chi connectivity index (χ1) is 6.86. The Balaban J connectivity index is -0.000000980. The van der Waals surface area contributed by atoms with E-state index in [1.165, 1.54) is 6.92 Å². The lowest BCUT2D eigenvalue weighted by molar-refractivity contribution is -0.142. The molecule has 0 bridgehead atoms. The molecule has 5 N–H and O–H groups in total. The van der Waals surface area contributed by atoms with Gasteiger partial charge in [0.1, 0.15) is 5.54 Å². The highest BCUT2D eigenvalue weighted by Gasteiger charge is 2.26. The summed E-state index contributed by atoms with van der Waals surface area (Å²) < 4.78 is 0. The van der Waals surface area contributed by atoms with E-state index in [-0.39, 0.29) is 31.2 Å². The van der Waals surface area contributed by atoms with E-state index in [4.69, 9.17) is 16.6 Å². The highest BCUT2D eigenvalue weighted by atomic mass is 35.5. The second-order valence-corrected chi connectivity index (χ2v) is 3.53. The summed E-state index contributed by atoms with van der Waals surface area (Å²) in [6.45, 7) is 3.67. The molecule has 0 saturated heterocycles. The van der Waals surface area contributed by atoms with Crippen molar-refractivity contribution in [2.24, 2.45) is 16.5 Å². The second kappa shape index (κ2) is 10.2. The standard InChI is InChI=1S/C10H17N3O2.2ClH/c1-8(11)13-7-5-3-4-6-10(2,12)9(14)15;;/h5-7,12H2,1-2H3,(H2,11,13)(H,14,15);2*1H/t10-;;/m0../s1. The molecule has 0 amide bonds. The van der Waals surface area contributed by atoms with Gasteiger partial charge in [0.2, 0.25) is 0 Å². The van der Waals surface area contributed by atoms with Crippen LogP contribution >= 0.6 is 24.8 Å². The van der Waals surface area contributed by atoms with E-state index < -0.39 is 11.5 Å². The van der Waals surface area contributed by atoms with E-state index in [9.17, 15) is 4.79 Å². The maximum absolute atomic E-state index is 10.6. The molecular weight excluding hydrogens is 265 g/mol. The number of carboxylic acids is 1. The summed E-state index contributed by atoms with van der Waals surface area (Å²) in [7, 11) is 0. The molecule has 5 nitrogen and oxygen atoms in total. The van der Waals surface area contributed by atoms with Crippen LogP contribution in [0.5, 0.6) is 0 Å². The quantitative estimate of drug-likeness (QED) is 0.307. The summed E-state index contributed by atoms with van der Waals surface area (Å²) >= 11 is 0. The van der Waals surface area contributed by atoms with Crippen LogP contribution in [-0.4, -0.2) is 29.0 Å². The van der Waals surface area contributed by atoms with Crippen molar-refractivity contribution in [1.29, 1.82) is 0 Å². The highest BCUT2D eigenvalue weighted by Crippen LogP contribution is 2.03. The van der Waals surface area contributed by atoms with Gasteiger partial charge in [0.15, 0.2) is 0 Å². The highest BCUT2D eigenvalue weighted by molar-refractivity contribution is 5.85. The van der Waals surface area contributed by atoms with Gasteiger partial charge in [0.25, 0.3) is 0 Å². The summed E-state index contributed by atoms with van der Waals surface area (Å²) in [5, 5.41) is 8.69. The maximum atomic E-state index is 10.6. The van der Waals surface area contributed by atoms with E-state index >= 15 is 0 Å². The van der Waals surface area contributed by atoms with Crippen LogP contribution in [0, 0.1) is 11.8 Å². The Kier molecular flexibility index (Phi) is 12.8. The Morgan fingerprint density at radius 1 is 1.41 bits per heavy atom. The predicted molar refractivity (Wildman–Crippen MR) is 73.9 cm³/mol. The van der Waals surface area contributed by atoms with Gasteiger partial charge in [0, 0.05) is 12.8 Å². The molecule has 1 atom stereocenters. The number of nitrogens with two attached hydrogens (primary N) is 2. The first-order valence-electron chi connectivity index (χ1n) is 4.61. The van der Waals surface area contributed by atoms with Gasteiger partial charge in [-0.05, 0) is 13.8 Å². The summed E-state index contributed by atoms with van der Waals surface area (Å²) in [4.78, 5) is 14.5. The third-order valence-electron chi connectivity index (χ3n) is 1.67. The maximum Gasteiger partial charge on any atom is 0.324 e. The number of amidine groups is 1. The molecular formula is C10H19Cl2N3O2. The molecule has 0 heterocycles. The summed E-state index contributed by atoms with van der Waals surface area (Å²) in [6.07, 6.45) is 0.692. The molecule has 0 aliphatic rings. The van der Waals surface area contributed by atoms with Gasteiger partial charge in [0.05, 0.1) is 12.4 Å². The van der Waals surface area contributed by atoms with Gasteiger partial charge in [-0.3, -0.25) is 9.79 Å². The van der Waals surface area contributed by atoms with Gasteiger partial charge < -0.3 is 16.6 Å². The first kappa shape index (κ1) is 21.3. The normalized spacial score (nSPS) is 13.2. The fourth-order valence-electron chi connectivity index (χ4n) is 0.698. The Bertz CT molecular complexity index is 315. The number of rotatable bonds is 4. The summed E-state index contributed by atoms with van der Waals surface area (Å²) in [5.74, 6) is 4.98. The third kappa shape index (κ3) is 11.3. The molecule has 0 rings (SSSR count). The molecule has 0 aromatic heterocycles. The Hall–Kier alpha value is -0.960. The largest absolute Gasteiger partial charge is 0.480 e. The van der Waals surface area contributed by atoms with Gasteiger partial charge in [-0.25, -0.2) is 0 Å². The molecule has 100 valence electrons. The van der Waals surface area contributed by atoms with Crippen LogP contribution in [0.4, 0.5) is 0 Å². The van der Waals surface area contributed by atoms with Gasteiger partial charge in [-0.15, -0.1) is 36.7 Å². The molecule has 17 heavy (non-hydrogen) atoms. The van der Waals surface area contributed by atoms with Crippen LogP contribution in [-0.2, 0) is 4.79 Å². The fraction of sp³-hybridized carbons (Fsp3) is 0.600. The minimum Gasteiger partial charge on any atom is -0.480 e. The van der Waals surface area contributed by atoms with Crippen molar-refractivity contribution in [1.82, 2.24) is 0 Å². The number of halogens is 2. The van der Waals surface area contributed by atoms with Crippen LogP contribution in [0.1, 0.15) is 26.7 Å². The molecule has 0 saturated carbocycles. The van der Waals surface area contributed by atoms with Crippen molar-refractivity contribution in [2.75, 3.05) is 6.54 Å². The molecule has 0 fully saturated rings. The number of carbonyl (C=O) groups is 1. The lowest BCUT2D eigenvalue weighted by Gasteiger charge is -2.14. The number of hydrogen-bond donors (Lipinski definition) is 3. The third-order valence-corrected chi connectivity index (χ3v) is 1.67. The zero-order chi connectivity index (χ0) is 11.9. The minimum atomic E-state index is -1.28. The number of aliphatic imine (C=N–C) groups is 1. The van der Waals surface area contributed by atoms with E-state index in [1.54, 1.807) is 6.92 Å². The van der Waals surface area contributed by atoms with E-state index in [2.05, 4.69) is 16.8 Å². The van der Waals surface area contributed by atoms with Crippen LogP contribution in [0.15, 0.2) is 4.99 Å². The van der Waals surface area contributed by atoms with Crippen LogP contribution in [0.25, 0.3) is 0 Å². The lowest BCUT2D eigenvalue weighted by Crippen LogP contribution is -2.44. The zero-order valence-corrected chi connectivity index (χ0v) is 11.5. The van der Waals surface area contributed by atoms with E-state index in [0.717, 1.165) is 0 Å². The van der Waals surface area contributed by atoms with Crippen LogP contribution in [0.2, 0.25) is 0 Å². The van der Waals surface area contributed by atoms with Crippen molar-refractivity contribution in [3.05, 3.63) is 0 Å².